The molecule has 2 aromatic carbocycles. The van der Waals surface area contributed by atoms with Gasteiger partial charge in [0.2, 0.25) is 5.91 Å². The van der Waals surface area contributed by atoms with Crippen LogP contribution in [0.5, 0.6) is 11.5 Å². The molecule has 1 N–H and O–H groups in total. The molecule has 2 aromatic rings. The maximum atomic E-state index is 13.9. The van der Waals surface area contributed by atoms with E-state index >= 15 is 0 Å². The number of benzene rings is 2. The molecule has 1 atom stereocenters. The van der Waals surface area contributed by atoms with E-state index in [1.807, 2.05) is 0 Å². The van der Waals surface area contributed by atoms with Gasteiger partial charge in [-0.2, -0.15) is 0 Å². The van der Waals surface area contributed by atoms with Crippen molar-refractivity contribution in [1.29, 1.82) is 0 Å². The molecule has 1 fully saturated rings. The highest BCUT2D eigenvalue weighted by molar-refractivity contribution is 6.12. The molecule has 0 saturated carbocycles. The highest BCUT2D eigenvalue weighted by Crippen LogP contribution is 2.34. The molecular weight excluding hydrogens is 395 g/mol. The van der Waals surface area contributed by atoms with Crippen molar-refractivity contribution in [2.45, 2.75) is 13.5 Å². The zero-order valence-electron chi connectivity index (χ0n) is 16.7. The van der Waals surface area contributed by atoms with E-state index in [-0.39, 0.29) is 18.7 Å². The second kappa shape index (κ2) is 8.40. The number of urea groups is 1. The monoisotopic (exact) mass is 416 g/mol. The Morgan fingerprint density at radius 2 is 1.87 bits per heavy atom. The first-order valence-electron chi connectivity index (χ1n) is 9.10. The largest absolute Gasteiger partial charge is 0.493 e. The summed E-state index contributed by atoms with van der Waals surface area (Å²) in [6, 6.07) is 8.30. The number of halogens is 1. The van der Waals surface area contributed by atoms with Gasteiger partial charge in [-0.25, -0.2) is 9.18 Å². The van der Waals surface area contributed by atoms with Crippen molar-refractivity contribution in [2.75, 3.05) is 25.7 Å². The van der Waals surface area contributed by atoms with Gasteiger partial charge in [-0.1, -0.05) is 12.1 Å². The van der Waals surface area contributed by atoms with Crippen molar-refractivity contribution in [3.63, 3.8) is 0 Å². The number of imide groups is 1. The smallest absolute Gasteiger partial charge is 0.331 e. The summed E-state index contributed by atoms with van der Waals surface area (Å²) in [4.78, 5) is 39.6. The van der Waals surface area contributed by atoms with Crippen molar-refractivity contribution >= 4 is 23.6 Å². The highest BCUT2D eigenvalue weighted by Gasteiger charge is 2.43. The molecule has 0 bridgehead atoms. The Balaban J connectivity index is 2.01. The molecule has 1 unspecified atom stereocenters. The van der Waals surface area contributed by atoms with Gasteiger partial charge < -0.3 is 14.6 Å². The summed E-state index contributed by atoms with van der Waals surface area (Å²) < 4.78 is 24.3. The molecule has 1 aliphatic rings. The average Bonchev–Trinajstić information content (AvgIpc) is 2.73. The molecule has 158 valence electrons. The average molecular weight is 416 g/mol. The van der Waals surface area contributed by atoms with E-state index < -0.39 is 29.6 Å². The maximum absolute atomic E-state index is 13.9. The molecule has 0 aromatic heterocycles. The van der Waals surface area contributed by atoms with Crippen LogP contribution in [0, 0.1) is 18.7 Å². The quantitative estimate of drug-likeness (QED) is 0.728. The molecule has 8 nitrogen and oxygen atoms in total. The van der Waals surface area contributed by atoms with E-state index in [4.69, 9.17) is 9.47 Å². The lowest BCUT2D eigenvalue weighted by atomic mass is 10.0. The van der Waals surface area contributed by atoms with Gasteiger partial charge in [-0.15, -0.1) is 0 Å². The number of hydrogen-bond acceptors (Lipinski definition) is 5. The Bertz CT molecular complexity index is 1010. The van der Waals surface area contributed by atoms with Crippen LogP contribution in [0.25, 0.3) is 0 Å². The minimum absolute atomic E-state index is 0.241. The van der Waals surface area contributed by atoms with Crippen molar-refractivity contribution in [1.82, 2.24) is 4.90 Å². The Hall–Kier alpha value is -3.62. The predicted octanol–water partition coefficient (Wildman–Crippen LogP) is 2.82. The summed E-state index contributed by atoms with van der Waals surface area (Å²) in [5, 5.41) is 9.53. The Kier molecular flexibility index (Phi) is 5.91. The predicted molar refractivity (Wildman–Crippen MR) is 105 cm³/mol. The molecule has 9 heteroatoms. The SMILES string of the molecule is COc1ccc(N2CC(C(=O)O)C(=O)N(Cc3cccc(F)c3C)C2=O)cc1OC. The van der Waals surface area contributed by atoms with Gasteiger partial charge in [0.1, 0.15) is 5.82 Å². The summed E-state index contributed by atoms with van der Waals surface area (Å²) in [6.45, 7) is 0.959. The number of carbonyl (C=O) groups excluding carboxylic acids is 2. The van der Waals surface area contributed by atoms with E-state index in [2.05, 4.69) is 0 Å². The Morgan fingerprint density at radius 1 is 1.17 bits per heavy atom. The number of carboxylic acid groups (broad SMARTS) is 1. The van der Waals surface area contributed by atoms with Crippen LogP contribution >= 0.6 is 0 Å². The summed E-state index contributed by atoms with van der Waals surface area (Å²) in [5.74, 6) is -3.34. The minimum atomic E-state index is -1.45. The number of hydrogen-bond donors (Lipinski definition) is 1. The topological polar surface area (TPSA) is 96.4 Å². The van der Waals surface area contributed by atoms with Crippen LogP contribution in [0.2, 0.25) is 0 Å². The first kappa shape index (κ1) is 21.1. The zero-order valence-corrected chi connectivity index (χ0v) is 16.7. The van der Waals surface area contributed by atoms with E-state index in [0.717, 1.165) is 4.90 Å². The van der Waals surface area contributed by atoms with Crippen molar-refractivity contribution in [2.24, 2.45) is 5.92 Å². The van der Waals surface area contributed by atoms with Gasteiger partial charge in [-0.3, -0.25) is 19.4 Å². The number of aliphatic carboxylic acids is 1. The molecule has 0 spiro atoms. The molecular formula is C21H21FN2O6. The van der Waals surface area contributed by atoms with Crippen molar-refractivity contribution in [3.05, 3.63) is 53.3 Å². The zero-order chi connectivity index (χ0) is 22.0. The lowest BCUT2D eigenvalue weighted by Gasteiger charge is -2.37. The standard InChI is InChI=1S/C21H21FN2O6/c1-12-13(5-4-6-16(12)22)10-24-19(25)15(20(26)27)11-23(21(24)28)14-7-8-17(29-2)18(9-14)30-3/h4-9,15H,10-11H2,1-3H3,(H,26,27). The first-order chi connectivity index (χ1) is 14.3. The van der Waals surface area contributed by atoms with Crippen LogP contribution in [0.15, 0.2) is 36.4 Å². The molecule has 30 heavy (non-hydrogen) atoms. The fraction of sp³-hybridized carbons (Fsp3) is 0.286. The van der Waals surface area contributed by atoms with Gasteiger partial charge >= 0.3 is 12.0 Å². The van der Waals surface area contributed by atoms with Crippen molar-refractivity contribution in [3.8, 4) is 11.5 Å². The van der Waals surface area contributed by atoms with Crippen molar-refractivity contribution < 1.29 is 33.4 Å². The third kappa shape index (κ3) is 3.78. The van der Waals surface area contributed by atoms with E-state index in [9.17, 15) is 23.9 Å². The third-order valence-corrected chi connectivity index (χ3v) is 5.08. The Labute approximate surface area is 172 Å². The number of rotatable bonds is 6. The van der Waals surface area contributed by atoms with Crippen LogP contribution in [0.1, 0.15) is 11.1 Å². The van der Waals surface area contributed by atoms with Crippen LogP contribution in [-0.2, 0) is 16.1 Å². The lowest BCUT2D eigenvalue weighted by molar-refractivity contribution is -0.150. The second-order valence-electron chi connectivity index (χ2n) is 6.77. The third-order valence-electron chi connectivity index (χ3n) is 5.08. The highest BCUT2D eigenvalue weighted by atomic mass is 19.1. The van der Waals surface area contributed by atoms with E-state index in [1.165, 1.54) is 44.2 Å². The molecule has 3 amide bonds. The van der Waals surface area contributed by atoms with Gasteiger partial charge in [0.05, 0.1) is 20.8 Å². The van der Waals surface area contributed by atoms with Gasteiger partial charge in [-0.05, 0) is 36.2 Å². The number of carboxylic acids is 1. The van der Waals surface area contributed by atoms with Gasteiger partial charge in [0, 0.05) is 18.3 Å². The van der Waals surface area contributed by atoms with E-state index in [1.54, 1.807) is 18.2 Å². The summed E-state index contributed by atoms with van der Waals surface area (Å²) >= 11 is 0. The summed E-state index contributed by atoms with van der Waals surface area (Å²) in [6.07, 6.45) is 0. The molecule has 1 heterocycles. The number of methoxy groups -OCH3 is 2. The number of nitrogens with zero attached hydrogens (tertiary/aromatic N) is 2. The number of ether oxygens (including phenoxy) is 2. The summed E-state index contributed by atoms with van der Waals surface area (Å²) in [7, 11) is 2.90. The maximum Gasteiger partial charge on any atom is 0.331 e. The lowest BCUT2D eigenvalue weighted by Crippen LogP contribution is -2.58. The van der Waals surface area contributed by atoms with Crippen LogP contribution < -0.4 is 14.4 Å². The molecule has 1 saturated heterocycles. The number of amides is 3. The molecule has 1 aliphatic heterocycles. The second-order valence-corrected chi connectivity index (χ2v) is 6.77. The van der Waals surface area contributed by atoms with Gasteiger partial charge in [0.15, 0.2) is 17.4 Å². The number of carbonyl (C=O) groups is 3. The number of anilines is 1. The first-order valence-corrected chi connectivity index (χ1v) is 9.10. The minimum Gasteiger partial charge on any atom is -0.493 e. The normalized spacial score (nSPS) is 16.6. The van der Waals surface area contributed by atoms with E-state index in [0.29, 0.717) is 22.7 Å². The van der Waals surface area contributed by atoms with Crippen LogP contribution in [0.3, 0.4) is 0 Å². The molecule has 0 aliphatic carbocycles. The summed E-state index contributed by atoms with van der Waals surface area (Å²) in [5.41, 5.74) is 1.04. The fourth-order valence-electron chi connectivity index (χ4n) is 3.30. The van der Waals surface area contributed by atoms with Crippen LogP contribution in [0.4, 0.5) is 14.9 Å². The Morgan fingerprint density at radius 3 is 2.50 bits per heavy atom. The molecule has 0 radical (unpaired) electrons. The van der Waals surface area contributed by atoms with Gasteiger partial charge in [0.25, 0.3) is 0 Å². The van der Waals surface area contributed by atoms with Crippen LogP contribution in [-0.4, -0.2) is 48.7 Å². The fourth-order valence-corrected chi connectivity index (χ4v) is 3.30. The molecule has 3 rings (SSSR count).